The molecule has 1 heterocycles. The Labute approximate surface area is 247 Å². The predicted octanol–water partition coefficient (Wildman–Crippen LogP) is 8.25. The van der Waals surface area contributed by atoms with Crippen LogP contribution < -0.4 is 24.3 Å². The van der Waals surface area contributed by atoms with E-state index < -0.39 is 17.7 Å². The molecule has 0 amide bonds. The van der Waals surface area contributed by atoms with Gasteiger partial charge in [0.2, 0.25) is 0 Å². The van der Waals surface area contributed by atoms with E-state index in [-0.39, 0.29) is 11.2 Å². The summed E-state index contributed by atoms with van der Waals surface area (Å²) >= 11 is 0. The average Bonchev–Trinajstić information content (AvgIpc) is 2.97. The summed E-state index contributed by atoms with van der Waals surface area (Å²) < 4.78 is 63.4. The van der Waals surface area contributed by atoms with E-state index in [1.54, 1.807) is 28.4 Å². The number of fused-ring (bicyclic) bond motifs is 6. The second kappa shape index (κ2) is 10.1. The van der Waals surface area contributed by atoms with E-state index in [0.29, 0.717) is 47.0 Å². The van der Waals surface area contributed by atoms with Crippen LogP contribution in [0.15, 0.2) is 59.8 Å². The smallest absolute Gasteiger partial charge is 0.416 e. The van der Waals surface area contributed by atoms with Gasteiger partial charge in [0.1, 0.15) is 0 Å². The number of carbonyl (C=O) groups excluding carboxylic acids is 1. The Morgan fingerprint density at radius 2 is 1.23 bits per heavy atom. The molecule has 0 radical (unpaired) electrons. The average molecular weight is 592 g/mol. The van der Waals surface area contributed by atoms with Crippen molar-refractivity contribution < 1.29 is 36.9 Å². The highest BCUT2D eigenvalue weighted by atomic mass is 19.4. The molecule has 1 N–H and O–H groups in total. The summed E-state index contributed by atoms with van der Waals surface area (Å²) in [6, 6.07) is 12.6. The number of allylic oxidation sites excluding steroid dienone is 2. The molecule has 6 nitrogen and oxygen atoms in total. The van der Waals surface area contributed by atoms with E-state index in [4.69, 9.17) is 18.9 Å². The normalized spacial score (nSPS) is 17.8. The molecule has 0 saturated heterocycles. The van der Waals surface area contributed by atoms with E-state index in [1.165, 1.54) is 12.1 Å². The quantitative estimate of drug-likeness (QED) is 0.236. The predicted molar refractivity (Wildman–Crippen MR) is 160 cm³/mol. The lowest BCUT2D eigenvalue weighted by atomic mass is 9.67. The molecule has 1 aliphatic carbocycles. The van der Waals surface area contributed by atoms with Crippen LogP contribution in [0.4, 0.5) is 18.9 Å². The lowest BCUT2D eigenvalue weighted by Crippen LogP contribution is -2.34. The maximum Gasteiger partial charge on any atom is 0.416 e. The van der Waals surface area contributed by atoms with E-state index in [2.05, 4.69) is 5.32 Å². The molecular formula is C34H32F3NO5. The van der Waals surface area contributed by atoms with E-state index >= 15 is 0 Å². The molecule has 0 saturated carbocycles. The van der Waals surface area contributed by atoms with E-state index in [9.17, 15) is 18.0 Å². The zero-order valence-electron chi connectivity index (χ0n) is 24.8. The minimum atomic E-state index is -4.48. The summed E-state index contributed by atoms with van der Waals surface area (Å²) in [6.07, 6.45) is -3.56. The third-order valence-electron chi connectivity index (χ3n) is 8.51. The molecule has 4 aromatic carbocycles. The Morgan fingerprint density at radius 1 is 0.744 bits per heavy atom. The molecule has 2 aliphatic rings. The van der Waals surface area contributed by atoms with Gasteiger partial charge in [0, 0.05) is 29.0 Å². The molecule has 1 aliphatic heterocycles. The van der Waals surface area contributed by atoms with Crippen molar-refractivity contribution in [1.82, 2.24) is 0 Å². The number of methoxy groups -OCH3 is 4. The first kappa shape index (κ1) is 28.7. The first-order valence-electron chi connectivity index (χ1n) is 13.9. The summed E-state index contributed by atoms with van der Waals surface area (Å²) in [7, 11) is 6.23. The van der Waals surface area contributed by atoms with Gasteiger partial charge in [-0.2, -0.15) is 13.2 Å². The van der Waals surface area contributed by atoms with Crippen LogP contribution in [0.3, 0.4) is 0 Å². The van der Waals surface area contributed by atoms with Crippen molar-refractivity contribution in [2.45, 2.75) is 38.8 Å². The number of carbonyl (C=O) groups is 1. The Hall–Kier alpha value is -4.40. The summed E-state index contributed by atoms with van der Waals surface area (Å²) in [6.45, 7) is 4.09. The minimum absolute atomic E-state index is 0.0321. The van der Waals surface area contributed by atoms with Gasteiger partial charge in [0.15, 0.2) is 28.8 Å². The number of halogens is 3. The molecule has 43 heavy (non-hydrogen) atoms. The molecule has 224 valence electrons. The van der Waals surface area contributed by atoms with Crippen LogP contribution in [0, 0.1) is 5.41 Å². The molecular weight excluding hydrogens is 559 g/mol. The van der Waals surface area contributed by atoms with Crippen LogP contribution in [0.5, 0.6) is 23.0 Å². The monoisotopic (exact) mass is 591 g/mol. The Balaban J connectivity index is 1.77. The van der Waals surface area contributed by atoms with Crippen molar-refractivity contribution in [3.8, 4) is 23.0 Å². The fourth-order valence-electron chi connectivity index (χ4n) is 6.62. The second-order valence-electron chi connectivity index (χ2n) is 11.8. The highest BCUT2D eigenvalue weighted by molar-refractivity contribution is 6.19. The number of hydrogen-bond donors (Lipinski definition) is 1. The lowest BCUT2D eigenvalue weighted by molar-refractivity contribution is -0.137. The van der Waals surface area contributed by atoms with Gasteiger partial charge in [0.25, 0.3) is 0 Å². The number of ether oxygens (including phenoxy) is 4. The number of Topliss-reactive ketones (excluding diaryl/α,β-unsaturated/α-hetero) is 1. The molecule has 0 aromatic heterocycles. The zero-order chi connectivity index (χ0) is 30.8. The second-order valence-corrected chi connectivity index (χ2v) is 11.8. The minimum Gasteiger partial charge on any atom is -0.493 e. The summed E-state index contributed by atoms with van der Waals surface area (Å²) in [5, 5.41) is 6.85. The van der Waals surface area contributed by atoms with Gasteiger partial charge in [-0.25, -0.2) is 0 Å². The van der Waals surface area contributed by atoms with Crippen molar-refractivity contribution >= 4 is 33.0 Å². The highest BCUT2D eigenvalue weighted by Crippen LogP contribution is 2.55. The molecule has 4 aromatic rings. The first-order valence-corrected chi connectivity index (χ1v) is 13.9. The largest absolute Gasteiger partial charge is 0.493 e. The zero-order valence-corrected chi connectivity index (χ0v) is 24.8. The number of anilines is 1. The van der Waals surface area contributed by atoms with Crippen LogP contribution in [-0.4, -0.2) is 34.2 Å². The van der Waals surface area contributed by atoms with Gasteiger partial charge in [-0.3, -0.25) is 4.79 Å². The Morgan fingerprint density at radius 3 is 1.74 bits per heavy atom. The van der Waals surface area contributed by atoms with Gasteiger partial charge in [0.05, 0.1) is 39.7 Å². The van der Waals surface area contributed by atoms with Crippen molar-refractivity contribution in [2.24, 2.45) is 5.41 Å². The van der Waals surface area contributed by atoms with Crippen LogP contribution >= 0.6 is 0 Å². The van der Waals surface area contributed by atoms with Crippen LogP contribution in [0.2, 0.25) is 0 Å². The van der Waals surface area contributed by atoms with Crippen LogP contribution in [-0.2, 0) is 11.0 Å². The Kier molecular flexibility index (Phi) is 6.75. The maximum atomic E-state index is 13.9. The first-order chi connectivity index (χ1) is 20.4. The van der Waals surface area contributed by atoms with Gasteiger partial charge in [-0.15, -0.1) is 0 Å². The summed E-state index contributed by atoms with van der Waals surface area (Å²) in [4.78, 5) is 13.9. The number of rotatable bonds is 5. The van der Waals surface area contributed by atoms with Crippen molar-refractivity contribution in [3.05, 3.63) is 76.5 Å². The summed E-state index contributed by atoms with van der Waals surface area (Å²) in [5.41, 5.74) is 2.41. The maximum absolute atomic E-state index is 13.9. The van der Waals surface area contributed by atoms with Gasteiger partial charge in [-0.1, -0.05) is 26.0 Å². The number of benzene rings is 4. The molecule has 0 fully saturated rings. The van der Waals surface area contributed by atoms with Crippen molar-refractivity contribution in [3.63, 3.8) is 0 Å². The molecule has 9 heteroatoms. The van der Waals surface area contributed by atoms with Crippen molar-refractivity contribution in [1.29, 1.82) is 0 Å². The fraction of sp³-hybridized carbons (Fsp3) is 0.324. The van der Waals surface area contributed by atoms with Gasteiger partial charge in [-0.05, 0) is 75.5 Å². The lowest BCUT2D eigenvalue weighted by Gasteiger charge is -2.40. The fourth-order valence-corrected chi connectivity index (χ4v) is 6.62. The number of alkyl halides is 3. The molecule has 0 spiro atoms. The molecule has 1 atom stereocenters. The molecule has 6 rings (SSSR count). The summed E-state index contributed by atoms with van der Waals surface area (Å²) in [5.74, 6) is 1.39. The van der Waals surface area contributed by atoms with E-state index in [0.717, 1.165) is 50.6 Å². The number of nitrogens with one attached hydrogen (secondary N) is 1. The number of hydrogen-bond acceptors (Lipinski definition) is 6. The third kappa shape index (κ3) is 4.62. The highest BCUT2D eigenvalue weighted by Gasteiger charge is 2.42. The number of ketones is 1. The van der Waals surface area contributed by atoms with E-state index in [1.807, 2.05) is 38.1 Å². The standard InChI is InChI=1S/C34H32F3NO5/c1-33(2)15-23-31(24(39)16-33)29(17-7-9-18(10-8-17)34(35,36)37)30-21-13-27(42-5)25(40-3)11-19(21)20-12-26(41-4)28(43-6)14-22(20)32(30)38-23/h7-14,29,38H,15-16H2,1-6H3. The SMILES string of the molecule is COc1cc2c3c(c4cc(OC)c(OC)cc4c2cc1OC)C(c1ccc(C(F)(F)F)cc1)C1=C(CC(C)(C)CC1=O)N3. The van der Waals surface area contributed by atoms with Gasteiger partial charge >= 0.3 is 6.18 Å². The topological polar surface area (TPSA) is 66.0 Å². The van der Waals surface area contributed by atoms with Gasteiger partial charge < -0.3 is 24.3 Å². The van der Waals surface area contributed by atoms with Crippen LogP contribution in [0.1, 0.15) is 49.3 Å². The third-order valence-corrected chi connectivity index (χ3v) is 8.51. The van der Waals surface area contributed by atoms with Crippen LogP contribution in [0.25, 0.3) is 21.5 Å². The Bertz CT molecular complexity index is 1820. The molecule has 1 unspecified atom stereocenters. The molecule has 0 bridgehead atoms. The van der Waals surface area contributed by atoms with Crippen molar-refractivity contribution in [2.75, 3.05) is 33.8 Å².